The number of aromatic nitrogens is 1. The van der Waals surface area contributed by atoms with E-state index in [0.29, 0.717) is 0 Å². The standard InChI is InChI=1S/C14H16N2O/c1-15-8-11-10-4-2-3-5-12(10)16-6-7-17-13(9-15)14(11)16/h2-5,13H,6-9H2,1H3. The zero-order valence-electron chi connectivity index (χ0n) is 10.0. The summed E-state index contributed by atoms with van der Waals surface area (Å²) in [6, 6.07) is 8.74. The molecule has 2 aliphatic rings. The molecule has 17 heavy (non-hydrogen) atoms. The fourth-order valence-electron chi connectivity index (χ4n) is 3.29. The van der Waals surface area contributed by atoms with Crippen molar-refractivity contribution in [1.82, 2.24) is 9.47 Å². The summed E-state index contributed by atoms with van der Waals surface area (Å²) >= 11 is 0. The van der Waals surface area contributed by atoms with E-state index < -0.39 is 0 Å². The van der Waals surface area contributed by atoms with Gasteiger partial charge in [-0.05, 0) is 18.7 Å². The molecule has 3 heterocycles. The minimum atomic E-state index is 0.268. The molecule has 0 aliphatic carbocycles. The van der Waals surface area contributed by atoms with Gasteiger partial charge in [0.05, 0.1) is 12.3 Å². The number of rotatable bonds is 0. The van der Waals surface area contributed by atoms with E-state index in [1.807, 2.05) is 0 Å². The van der Waals surface area contributed by atoms with Gasteiger partial charge in [-0.1, -0.05) is 18.2 Å². The highest BCUT2D eigenvalue weighted by atomic mass is 16.5. The number of hydrogen-bond acceptors (Lipinski definition) is 2. The van der Waals surface area contributed by atoms with Crippen LogP contribution in [0.5, 0.6) is 0 Å². The van der Waals surface area contributed by atoms with Crippen LogP contribution in [0.1, 0.15) is 17.4 Å². The van der Waals surface area contributed by atoms with Crippen LogP contribution < -0.4 is 0 Å². The van der Waals surface area contributed by atoms with Gasteiger partial charge in [0.2, 0.25) is 0 Å². The molecule has 88 valence electrons. The summed E-state index contributed by atoms with van der Waals surface area (Å²) in [7, 11) is 2.17. The Morgan fingerprint density at radius 2 is 2.18 bits per heavy atom. The molecular formula is C14H16N2O. The summed E-state index contributed by atoms with van der Waals surface area (Å²) in [6.07, 6.45) is 0.268. The molecule has 0 fully saturated rings. The molecule has 2 aliphatic heterocycles. The maximum Gasteiger partial charge on any atom is 0.110 e. The predicted octanol–water partition coefficient (Wildman–Crippen LogP) is 2.16. The van der Waals surface area contributed by atoms with Crippen LogP contribution in [-0.4, -0.2) is 29.7 Å². The van der Waals surface area contributed by atoms with Crippen molar-refractivity contribution in [1.29, 1.82) is 0 Å². The van der Waals surface area contributed by atoms with Crippen LogP contribution in [0.25, 0.3) is 10.9 Å². The molecule has 4 rings (SSSR count). The van der Waals surface area contributed by atoms with E-state index in [1.54, 1.807) is 0 Å². The number of benzene rings is 1. The quantitative estimate of drug-likeness (QED) is 0.687. The highest BCUT2D eigenvalue weighted by Crippen LogP contribution is 2.38. The van der Waals surface area contributed by atoms with Crippen molar-refractivity contribution in [3.8, 4) is 0 Å². The Morgan fingerprint density at radius 1 is 1.29 bits per heavy atom. The van der Waals surface area contributed by atoms with E-state index in [4.69, 9.17) is 4.74 Å². The molecule has 1 aromatic heterocycles. The number of fused-ring (bicyclic) bond motifs is 3. The summed E-state index contributed by atoms with van der Waals surface area (Å²) in [5, 5.41) is 1.41. The minimum absolute atomic E-state index is 0.268. The Morgan fingerprint density at radius 3 is 3.12 bits per heavy atom. The maximum absolute atomic E-state index is 5.92. The molecule has 1 aromatic carbocycles. The van der Waals surface area contributed by atoms with Gasteiger partial charge in [-0.15, -0.1) is 0 Å². The van der Waals surface area contributed by atoms with Gasteiger partial charge in [0.15, 0.2) is 0 Å². The fourth-order valence-corrected chi connectivity index (χ4v) is 3.29. The second-order valence-corrected chi connectivity index (χ2v) is 5.09. The first-order chi connectivity index (χ1) is 8.34. The fraction of sp³-hybridized carbons (Fsp3) is 0.429. The van der Waals surface area contributed by atoms with Gasteiger partial charge in [-0.3, -0.25) is 4.90 Å². The molecule has 1 unspecified atom stereocenters. The lowest BCUT2D eigenvalue weighted by Gasteiger charge is -2.34. The Bertz CT molecular complexity index is 587. The lowest BCUT2D eigenvalue weighted by molar-refractivity contribution is -0.00760. The Hall–Kier alpha value is -1.32. The third-order valence-electron chi connectivity index (χ3n) is 3.96. The van der Waals surface area contributed by atoms with Crippen LogP contribution in [0.2, 0.25) is 0 Å². The Kier molecular flexibility index (Phi) is 1.90. The number of hydrogen-bond donors (Lipinski definition) is 0. The average Bonchev–Trinajstić information content (AvgIpc) is 2.67. The van der Waals surface area contributed by atoms with Crippen molar-refractivity contribution in [2.75, 3.05) is 20.2 Å². The van der Waals surface area contributed by atoms with Crippen LogP contribution in [0.3, 0.4) is 0 Å². The zero-order valence-corrected chi connectivity index (χ0v) is 10.0. The van der Waals surface area contributed by atoms with E-state index in [2.05, 4.69) is 40.8 Å². The Balaban J connectivity index is 2.08. The smallest absolute Gasteiger partial charge is 0.110 e. The van der Waals surface area contributed by atoms with Crippen LogP contribution in [0.4, 0.5) is 0 Å². The molecule has 0 amide bonds. The third-order valence-corrected chi connectivity index (χ3v) is 3.96. The molecule has 0 bridgehead atoms. The first-order valence-corrected chi connectivity index (χ1v) is 6.25. The largest absolute Gasteiger partial charge is 0.369 e. The van der Waals surface area contributed by atoms with Crippen LogP contribution in [0.15, 0.2) is 24.3 Å². The van der Waals surface area contributed by atoms with Crippen molar-refractivity contribution < 1.29 is 4.74 Å². The molecule has 0 N–H and O–H groups in total. The van der Waals surface area contributed by atoms with E-state index in [9.17, 15) is 0 Å². The van der Waals surface area contributed by atoms with Crippen molar-refractivity contribution in [3.05, 3.63) is 35.5 Å². The highest BCUT2D eigenvalue weighted by Gasteiger charge is 2.32. The van der Waals surface area contributed by atoms with Gasteiger partial charge < -0.3 is 9.30 Å². The summed E-state index contributed by atoms with van der Waals surface area (Å²) in [5.41, 5.74) is 4.27. The highest BCUT2D eigenvalue weighted by molar-refractivity contribution is 5.86. The molecule has 2 aromatic rings. The average molecular weight is 228 g/mol. The lowest BCUT2D eigenvalue weighted by Crippen LogP contribution is -2.35. The number of para-hydroxylation sites is 1. The number of nitrogens with zero attached hydrogens (tertiary/aromatic N) is 2. The lowest BCUT2D eigenvalue weighted by atomic mass is 10.0. The van der Waals surface area contributed by atoms with Crippen LogP contribution in [-0.2, 0) is 17.8 Å². The van der Waals surface area contributed by atoms with E-state index >= 15 is 0 Å². The van der Waals surface area contributed by atoms with Crippen LogP contribution in [0, 0.1) is 0 Å². The molecule has 0 spiro atoms. The monoisotopic (exact) mass is 228 g/mol. The third kappa shape index (κ3) is 1.24. The minimum Gasteiger partial charge on any atom is -0.369 e. The second kappa shape index (κ2) is 3.34. The SMILES string of the molecule is CN1Cc2c3n(c4ccccc24)CCOC3C1. The summed E-state index contributed by atoms with van der Waals surface area (Å²) < 4.78 is 8.39. The molecule has 0 saturated carbocycles. The van der Waals surface area contributed by atoms with E-state index in [-0.39, 0.29) is 6.10 Å². The van der Waals surface area contributed by atoms with Gasteiger partial charge in [-0.2, -0.15) is 0 Å². The predicted molar refractivity (Wildman–Crippen MR) is 67.0 cm³/mol. The zero-order chi connectivity index (χ0) is 11.4. The first-order valence-electron chi connectivity index (χ1n) is 6.25. The normalized spacial score (nSPS) is 23.9. The molecule has 0 radical (unpaired) electrons. The van der Waals surface area contributed by atoms with Gasteiger partial charge in [0.25, 0.3) is 0 Å². The maximum atomic E-state index is 5.92. The van der Waals surface area contributed by atoms with Crippen molar-refractivity contribution in [2.45, 2.75) is 19.2 Å². The van der Waals surface area contributed by atoms with Gasteiger partial charge in [-0.25, -0.2) is 0 Å². The van der Waals surface area contributed by atoms with Crippen LogP contribution >= 0.6 is 0 Å². The summed E-state index contributed by atoms with van der Waals surface area (Å²) in [6.45, 7) is 3.89. The molecule has 1 atom stereocenters. The number of ether oxygens (including phenoxy) is 1. The van der Waals surface area contributed by atoms with Gasteiger partial charge in [0.1, 0.15) is 6.10 Å². The molecule has 3 nitrogen and oxygen atoms in total. The molecule has 0 saturated heterocycles. The second-order valence-electron chi connectivity index (χ2n) is 5.09. The number of likely N-dealkylation sites (N-methyl/N-ethyl adjacent to an activating group) is 1. The Labute approximate surface area is 101 Å². The molecule has 3 heteroatoms. The summed E-state index contributed by atoms with van der Waals surface area (Å²) in [5.74, 6) is 0. The van der Waals surface area contributed by atoms with Crippen molar-refractivity contribution in [3.63, 3.8) is 0 Å². The van der Waals surface area contributed by atoms with Gasteiger partial charge in [0, 0.05) is 30.5 Å². The van der Waals surface area contributed by atoms with E-state index in [1.165, 1.54) is 22.2 Å². The van der Waals surface area contributed by atoms with Gasteiger partial charge >= 0.3 is 0 Å². The molecular weight excluding hydrogens is 212 g/mol. The van der Waals surface area contributed by atoms with Crippen molar-refractivity contribution >= 4 is 10.9 Å². The topological polar surface area (TPSA) is 17.4 Å². The summed E-state index contributed by atoms with van der Waals surface area (Å²) in [4.78, 5) is 2.36. The van der Waals surface area contributed by atoms with Crippen molar-refractivity contribution in [2.24, 2.45) is 0 Å². The first kappa shape index (κ1) is 9.68. The van der Waals surface area contributed by atoms with E-state index in [0.717, 1.165) is 26.2 Å².